The smallest absolute Gasteiger partial charge is 0.184 e. The van der Waals surface area contributed by atoms with E-state index in [0.717, 1.165) is 5.57 Å². The maximum absolute atomic E-state index is 13.9. The lowest BCUT2D eigenvalue weighted by molar-refractivity contribution is -0.171. The van der Waals surface area contributed by atoms with Crippen LogP contribution in [0.15, 0.2) is 48.3 Å². The number of hydrogen-bond donors (Lipinski definition) is 1. The van der Waals surface area contributed by atoms with Gasteiger partial charge in [-0.2, -0.15) is 0 Å². The van der Waals surface area contributed by atoms with E-state index in [9.17, 15) is 19.5 Å². The molecule has 4 nitrogen and oxygen atoms in total. The number of aliphatic hydroxyl groups excluding tert-OH is 1. The van der Waals surface area contributed by atoms with Crippen molar-refractivity contribution < 1.29 is 19.5 Å². The molecule has 0 aromatic heterocycles. The highest BCUT2D eigenvalue weighted by atomic mass is 16.3. The topological polar surface area (TPSA) is 71.4 Å². The molecule has 0 aliphatic heterocycles. The van der Waals surface area contributed by atoms with Crippen molar-refractivity contribution in [2.24, 2.45) is 22.2 Å². The third-order valence-corrected chi connectivity index (χ3v) is 6.95. The molecule has 0 aromatic carbocycles. The fourth-order valence-electron chi connectivity index (χ4n) is 5.24. The SMILES string of the molecule is C=CC[C@@]12C[C@@H](CC=C(C)C)C(C)(C)[C@@](CC=C)(C(=O)C(C(C)=O)=C1O)C2=O. The maximum Gasteiger partial charge on any atom is 0.184 e. The van der Waals surface area contributed by atoms with Crippen molar-refractivity contribution in [1.29, 1.82) is 0 Å². The Kier molecular flexibility index (Phi) is 5.76. The average molecular weight is 385 g/mol. The Bertz CT molecular complexity index is 806. The minimum Gasteiger partial charge on any atom is -0.510 e. The monoisotopic (exact) mass is 384 g/mol. The molecule has 2 bridgehead atoms. The third-order valence-electron chi connectivity index (χ3n) is 6.95. The largest absolute Gasteiger partial charge is 0.510 e. The first-order valence-electron chi connectivity index (χ1n) is 9.83. The van der Waals surface area contributed by atoms with E-state index in [-0.39, 0.29) is 35.9 Å². The van der Waals surface area contributed by atoms with Gasteiger partial charge in [0.15, 0.2) is 17.3 Å². The van der Waals surface area contributed by atoms with Crippen molar-refractivity contribution in [3.63, 3.8) is 0 Å². The van der Waals surface area contributed by atoms with Crippen LogP contribution >= 0.6 is 0 Å². The third kappa shape index (κ3) is 2.76. The quantitative estimate of drug-likeness (QED) is 0.378. The van der Waals surface area contributed by atoms with E-state index in [4.69, 9.17) is 0 Å². The summed E-state index contributed by atoms with van der Waals surface area (Å²) in [7, 11) is 0. The molecule has 3 atom stereocenters. The standard InChI is InChI=1S/C24H32O4/c1-8-12-23-14-17(11-10-15(3)4)22(6,7)24(13-9-2,21(23)28)20(27)18(16(5)25)19(23)26/h8-10,17,26H,1-2,11-14H2,3-7H3/t17-,23-,24+/m1/s1. The van der Waals surface area contributed by atoms with E-state index in [2.05, 4.69) is 19.2 Å². The lowest BCUT2D eigenvalue weighted by Crippen LogP contribution is -2.66. The van der Waals surface area contributed by atoms with Gasteiger partial charge in [0.25, 0.3) is 0 Å². The van der Waals surface area contributed by atoms with Crippen molar-refractivity contribution in [3.8, 4) is 0 Å². The summed E-state index contributed by atoms with van der Waals surface area (Å²) in [6.07, 6.45) is 6.70. The second kappa shape index (κ2) is 7.31. The average Bonchev–Trinajstić information content (AvgIpc) is 2.58. The Morgan fingerprint density at radius 2 is 1.71 bits per heavy atom. The van der Waals surface area contributed by atoms with Crippen LogP contribution in [0.2, 0.25) is 0 Å². The van der Waals surface area contributed by atoms with E-state index >= 15 is 0 Å². The second-order valence-electron chi connectivity index (χ2n) is 9.05. The molecule has 2 rings (SSSR count). The summed E-state index contributed by atoms with van der Waals surface area (Å²) in [4.78, 5) is 39.8. The first kappa shape index (κ1) is 22.1. The summed E-state index contributed by atoms with van der Waals surface area (Å²) < 4.78 is 0. The summed E-state index contributed by atoms with van der Waals surface area (Å²) in [6, 6.07) is 0. The summed E-state index contributed by atoms with van der Waals surface area (Å²) in [5.41, 5.74) is -2.47. The van der Waals surface area contributed by atoms with Crippen LogP contribution in [-0.4, -0.2) is 22.5 Å². The molecule has 0 unspecified atom stereocenters. The van der Waals surface area contributed by atoms with Crippen molar-refractivity contribution in [1.82, 2.24) is 0 Å². The van der Waals surface area contributed by atoms with E-state index < -0.39 is 27.8 Å². The molecular weight excluding hydrogens is 352 g/mol. The van der Waals surface area contributed by atoms with Gasteiger partial charge < -0.3 is 5.11 Å². The molecule has 28 heavy (non-hydrogen) atoms. The molecule has 4 heteroatoms. The molecule has 1 fully saturated rings. The van der Waals surface area contributed by atoms with Crippen LogP contribution in [0.3, 0.4) is 0 Å². The van der Waals surface area contributed by atoms with Gasteiger partial charge in [-0.15, -0.1) is 13.2 Å². The fraction of sp³-hybridized carbons (Fsp3) is 0.542. The van der Waals surface area contributed by atoms with E-state index in [1.54, 1.807) is 12.2 Å². The number of rotatable bonds is 7. The van der Waals surface area contributed by atoms with Gasteiger partial charge in [0.2, 0.25) is 0 Å². The molecule has 0 aromatic rings. The van der Waals surface area contributed by atoms with E-state index in [1.165, 1.54) is 6.92 Å². The van der Waals surface area contributed by atoms with Crippen molar-refractivity contribution in [2.45, 2.75) is 60.3 Å². The predicted octanol–water partition coefficient (Wildman–Crippen LogP) is 5.07. The van der Waals surface area contributed by atoms with Gasteiger partial charge in [-0.1, -0.05) is 37.6 Å². The Hall–Kier alpha value is -2.23. The van der Waals surface area contributed by atoms with Crippen LogP contribution in [0, 0.1) is 22.2 Å². The number of hydrogen-bond acceptors (Lipinski definition) is 4. The molecule has 0 spiro atoms. The lowest BCUT2D eigenvalue weighted by Gasteiger charge is -2.60. The van der Waals surface area contributed by atoms with Crippen LogP contribution in [-0.2, 0) is 14.4 Å². The first-order chi connectivity index (χ1) is 12.9. The normalized spacial score (nSPS) is 31.4. The minimum absolute atomic E-state index is 0.0281. The summed E-state index contributed by atoms with van der Waals surface area (Å²) in [5.74, 6) is -1.76. The molecule has 1 saturated carbocycles. The predicted molar refractivity (Wildman–Crippen MR) is 111 cm³/mol. The highest BCUT2D eigenvalue weighted by Gasteiger charge is 2.71. The zero-order valence-corrected chi connectivity index (χ0v) is 17.7. The lowest BCUT2D eigenvalue weighted by atomic mass is 9.40. The number of allylic oxidation sites excluding steroid dienone is 6. The zero-order chi connectivity index (χ0) is 21.5. The van der Waals surface area contributed by atoms with Crippen molar-refractivity contribution in [2.75, 3.05) is 0 Å². The molecule has 0 saturated heterocycles. The summed E-state index contributed by atoms with van der Waals surface area (Å²) >= 11 is 0. The van der Waals surface area contributed by atoms with Crippen molar-refractivity contribution in [3.05, 3.63) is 48.3 Å². The highest BCUT2D eigenvalue weighted by molar-refractivity contribution is 6.31. The molecule has 152 valence electrons. The van der Waals surface area contributed by atoms with Crippen LogP contribution in [0.5, 0.6) is 0 Å². The van der Waals surface area contributed by atoms with Crippen LogP contribution < -0.4 is 0 Å². The number of carbonyl (C=O) groups excluding carboxylic acids is 3. The molecular formula is C24H32O4. The Labute approximate surface area is 168 Å². The van der Waals surface area contributed by atoms with Gasteiger partial charge in [0.05, 0.1) is 11.0 Å². The van der Waals surface area contributed by atoms with Gasteiger partial charge in [-0.25, -0.2) is 0 Å². The molecule has 2 aliphatic rings. The fourth-order valence-corrected chi connectivity index (χ4v) is 5.24. The van der Waals surface area contributed by atoms with Crippen LogP contribution in [0.25, 0.3) is 0 Å². The number of fused-ring (bicyclic) bond motifs is 2. The summed E-state index contributed by atoms with van der Waals surface area (Å²) in [6.45, 7) is 16.7. The van der Waals surface area contributed by atoms with Crippen LogP contribution in [0.4, 0.5) is 0 Å². The second-order valence-corrected chi connectivity index (χ2v) is 9.05. The number of carbonyl (C=O) groups is 3. The van der Waals surface area contributed by atoms with Gasteiger partial charge in [-0.3, -0.25) is 14.4 Å². The zero-order valence-electron chi connectivity index (χ0n) is 17.7. The summed E-state index contributed by atoms with van der Waals surface area (Å²) in [5, 5.41) is 11.0. The van der Waals surface area contributed by atoms with E-state index in [0.29, 0.717) is 12.8 Å². The Morgan fingerprint density at radius 1 is 1.14 bits per heavy atom. The van der Waals surface area contributed by atoms with Crippen molar-refractivity contribution >= 4 is 17.3 Å². The van der Waals surface area contributed by atoms with E-state index in [1.807, 2.05) is 27.7 Å². The molecule has 1 N–H and O–H groups in total. The maximum atomic E-state index is 13.9. The number of ketones is 3. The molecule has 0 amide bonds. The number of aliphatic hydroxyl groups is 1. The highest BCUT2D eigenvalue weighted by Crippen LogP contribution is 2.66. The Morgan fingerprint density at radius 3 is 2.18 bits per heavy atom. The van der Waals surface area contributed by atoms with Crippen LogP contribution in [0.1, 0.15) is 60.3 Å². The van der Waals surface area contributed by atoms with Gasteiger partial charge in [-0.05, 0) is 57.8 Å². The van der Waals surface area contributed by atoms with Gasteiger partial charge >= 0.3 is 0 Å². The molecule has 2 aliphatic carbocycles. The van der Waals surface area contributed by atoms with Gasteiger partial charge in [0, 0.05) is 0 Å². The molecule has 0 heterocycles. The Balaban J connectivity index is 2.91. The first-order valence-corrected chi connectivity index (χ1v) is 9.83. The van der Waals surface area contributed by atoms with Gasteiger partial charge in [0.1, 0.15) is 11.2 Å². The number of Topliss-reactive ketones (excluding diaryl/α,β-unsaturated/α-hetero) is 3. The molecule has 0 radical (unpaired) electrons. The minimum atomic E-state index is -1.41.